The van der Waals surface area contributed by atoms with Gasteiger partial charge in [-0.25, -0.2) is 0 Å². The first kappa shape index (κ1) is 18.6. The second kappa shape index (κ2) is 8.48. The predicted molar refractivity (Wildman–Crippen MR) is 106 cm³/mol. The van der Waals surface area contributed by atoms with Crippen molar-refractivity contribution in [3.05, 3.63) is 54.5 Å². The summed E-state index contributed by atoms with van der Waals surface area (Å²) in [6.45, 7) is 4.95. The zero-order valence-corrected chi connectivity index (χ0v) is 15.9. The standard InChI is InChI=1S/C21H26N4O3/c26-20(24-11-9-23(10-12-24)18-4-2-1-3-5-18)14-19-21(27)22-7-8-25(19)15-17-6-13-28-16-17/h1-6,13,16,19H,7-12,14-15H2,(H,22,27). The van der Waals surface area contributed by atoms with Crippen LogP contribution in [0.2, 0.25) is 0 Å². The van der Waals surface area contributed by atoms with Crippen molar-refractivity contribution in [2.24, 2.45) is 0 Å². The van der Waals surface area contributed by atoms with Crippen LogP contribution in [0.15, 0.2) is 53.3 Å². The lowest BCUT2D eigenvalue weighted by molar-refractivity contribution is -0.139. The molecular formula is C21H26N4O3. The van der Waals surface area contributed by atoms with Gasteiger partial charge in [-0.1, -0.05) is 18.2 Å². The van der Waals surface area contributed by atoms with Crippen LogP contribution in [0, 0.1) is 0 Å². The maximum Gasteiger partial charge on any atom is 0.237 e. The van der Waals surface area contributed by atoms with Crippen molar-refractivity contribution < 1.29 is 14.0 Å². The van der Waals surface area contributed by atoms with Crippen LogP contribution >= 0.6 is 0 Å². The van der Waals surface area contributed by atoms with Crippen LogP contribution in [0.3, 0.4) is 0 Å². The van der Waals surface area contributed by atoms with Gasteiger partial charge in [0.05, 0.1) is 25.0 Å². The molecule has 7 nitrogen and oxygen atoms in total. The Bertz CT molecular complexity index is 785. The molecule has 0 saturated carbocycles. The van der Waals surface area contributed by atoms with Crippen LogP contribution < -0.4 is 10.2 Å². The zero-order chi connectivity index (χ0) is 19.3. The third-order valence-electron chi connectivity index (χ3n) is 5.53. The third-order valence-corrected chi connectivity index (χ3v) is 5.53. The summed E-state index contributed by atoms with van der Waals surface area (Å²) in [5.41, 5.74) is 2.20. The number of para-hydroxylation sites is 1. The lowest BCUT2D eigenvalue weighted by atomic mass is 10.1. The molecule has 1 aromatic carbocycles. The highest BCUT2D eigenvalue weighted by atomic mass is 16.3. The van der Waals surface area contributed by atoms with Gasteiger partial charge in [0.2, 0.25) is 11.8 Å². The lowest BCUT2D eigenvalue weighted by Crippen LogP contribution is -2.57. The number of hydrogen-bond donors (Lipinski definition) is 1. The number of piperazine rings is 2. The lowest BCUT2D eigenvalue weighted by Gasteiger charge is -2.38. The van der Waals surface area contributed by atoms with E-state index in [9.17, 15) is 9.59 Å². The topological polar surface area (TPSA) is 69.0 Å². The largest absolute Gasteiger partial charge is 0.472 e. The fraction of sp³-hybridized carbons (Fsp3) is 0.429. The molecule has 0 aliphatic carbocycles. The minimum absolute atomic E-state index is 0.0481. The van der Waals surface area contributed by atoms with E-state index in [1.807, 2.05) is 29.2 Å². The quantitative estimate of drug-likeness (QED) is 0.845. The number of amides is 2. The van der Waals surface area contributed by atoms with Crippen molar-refractivity contribution in [2.75, 3.05) is 44.2 Å². The first-order valence-electron chi connectivity index (χ1n) is 9.81. The van der Waals surface area contributed by atoms with Crippen molar-refractivity contribution in [3.8, 4) is 0 Å². The molecule has 0 radical (unpaired) electrons. The van der Waals surface area contributed by atoms with Crippen molar-refractivity contribution in [1.29, 1.82) is 0 Å². The summed E-state index contributed by atoms with van der Waals surface area (Å²) in [5, 5.41) is 2.90. The van der Waals surface area contributed by atoms with Crippen LogP contribution in [0.1, 0.15) is 12.0 Å². The van der Waals surface area contributed by atoms with E-state index in [-0.39, 0.29) is 18.2 Å². The average molecular weight is 382 g/mol. The summed E-state index contributed by atoms with van der Waals surface area (Å²) >= 11 is 0. The highest BCUT2D eigenvalue weighted by molar-refractivity contribution is 5.89. The van der Waals surface area contributed by atoms with E-state index in [0.717, 1.165) is 25.2 Å². The van der Waals surface area contributed by atoms with Crippen LogP contribution in [0.25, 0.3) is 0 Å². The monoisotopic (exact) mass is 382 g/mol. The molecule has 2 aliphatic heterocycles. The molecule has 148 valence electrons. The Morgan fingerprint density at radius 3 is 2.57 bits per heavy atom. The normalized spacial score (nSPS) is 20.9. The summed E-state index contributed by atoms with van der Waals surface area (Å²) in [6.07, 6.45) is 3.54. The second-order valence-corrected chi connectivity index (χ2v) is 7.32. The Morgan fingerprint density at radius 2 is 1.86 bits per heavy atom. The zero-order valence-electron chi connectivity index (χ0n) is 15.9. The highest BCUT2D eigenvalue weighted by Gasteiger charge is 2.33. The van der Waals surface area contributed by atoms with E-state index in [1.165, 1.54) is 5.69 Å². The maximum atomic E-state index is 12.9. The fourth-order valence-corrected chi connectivity index (χ4v) is 3.94. The number of nitrogens with one attached hydrogen (secondary N) is 1. The first-order valence-corrected chi connectivity index (χ1v) is 9.81. The smallest absolute Gasteiger partial charge is 0.237 e. The molecule has 2 amide bonds. The summed E-state index contributed by atoms with van der Waals surface area (Å²) in [7, 11) is 0. The number of nitrogens with zero attached hydrogens (tertiary/aromatic N) is 3. The summed E-state index contributed by atoms with van der Waals surface area (Å²) in [4.78, 5) is 31.6. The summed E-state index contributed by atoms with van der Waals surface area (Å²) in [5.74, 6) is -0.0158. The molecule has 0 spiro atoms. The predicted octanol–water partition coefficient (Wildman–Crippen LogP) is 1.32. The van der Waals surface area contributed by atoms with Crippen LogP contribution in [0.4, 0.5) is 5.69 Å². The van der Waals surface area contributed by atoms with Gasteiger partial charge in [-0.15, -0.1) is 0 Å². The molecule has 2 aromatic rings. The average Bonchev–Trinajstić information content (AvgIpc) is 3.24. The molecule has 1 N–H and O–H groups in total. The van der Waals surface area contributed by atoms with Gasteiger partial charge in [0.15, 0.2) is 0 Å². The van der Waals surface area contributed by atoms with Crippen molar-refractivity contribution in [3.63, 3.8) is 0 Å². The van der Waals surface area contributed by atoms with E-state index in [2.05, 4.69) is 27.2 Å². The van der Waals surface area contributed by atoms with E-state index < -0.39 is 6.04 Å². The second-order valence-electron chi connectivity index (χ2n) is 7.32. The molecule has 4 rings (SSSR count). The van der Waals surface area contributed by atoms with Gasteiger partial charge in [-0.2, -0.15) is 0 Å². The van der Waals surface area contributed by atoms with Gasteiger partial charge >= 0.3 is 0 Å². The number of rotatable bonds is 5. The van der Waals surface area contributed by atoms with Gasteiger partial charge in [0, 0.05) is 57.1 Å². The number of furan rings is 1. The van der Waals surface area contributed by atoms with Gasteiger partial charge in [0.1, 0.15) is 0 Å². The Hall–Kier alpha value is -2.80. The third kappa shape index (κ3) is 4.20. The van der Waals surface area contributed by atoms with Crippen LogP contribution in [-0.4, -0.2) is 66.9 Å². The highest BCUT2D eigenvalue weighted by Crippen LogP contribution is 2.18. The molecular weight excluding hydrogens is 356 g/mol. The molecule has 3 heterocycles. The van der Waals surface area contributed by atoms with Gasteiger partial charge in [-0.3, -0.25) is 14.5 Å². The molecule has 2 aliphatic rings. The summed E-state index contributed by atoms with van der Waals surface area (Å²) < 4.78 is 5.13. The van der Waals surface area contributed by atoms with E-state index in [1.54, 1.807) is 12.5 Å². The molecule has 28 heavy (non-hydrogen) atoms. The molecule has 2 fully saturated rings. The van der Waals surface area contributed by atoms with Crippen molar-refractivity contribution in [2.45, 2.75) is 19.0 Å². The number of carbonyl (C=O) groups is 2. The molecule has 0 bridgehead atoms. The number of hydrogen-bond acceptors (Lipinski definition) is 5. The Balaban J connectivity index is 1.34. The van der Waals surface area contributed by atoms with Gasteiger partial charge < -0.3 is 19.5 Å². The SMILES string of the molecule is O=C1NCCN(Cc2ccoc2)C1CC(=O)N1CCN(c2ccccc2)CC1. The van der Waals surface area contributed by atoms with Gasteiger partial charge in [0.25, 0.3) is 0 Å². The maximum absolute atomic E-state index is 12.9. The Kier molecular flexibility index (Phi) is 5.62. The molecule has 1 unspecified atom stereocenters. The first-order chi connectivity index (χ1) is 13.7. The minimum Gasteiger partial charge on any atom is -0.472 e. The van der Waals surface area contributed by atoms with E-state index in [4.69, 9.17) is 4.42 Å². The van der Waals surface area contributed by atoms with Crippen molar-refractivity contribution >= 4 is 17.5 Å². The number of benzene rings is 1. The Labute approximate surface area is 164 Å². The van der Waals surface area contributed by atoms with Crippen LogP contribution in [0.5, 0.6) is 0 Å². The molecule has 1 aromatic heterocycles. The molecule has 1 atom stereocenters. The van der Waals surface area contributed by atoms with E-state index >= 15 is 0 Å². The van der Waals surface area contributed by atoms with E-state index in [0.29, 0.717) is 26.2 Å². The van der Waals surface area contributed by atoms with Gasteiger partial charge in [-0.05, 0) is 18.2 Å². The fourth-order valence-electron chi connectivity index (χ4n) is 3.94. The molecule has 7 heteroatoms. The number of carbonyl (C=O) groups excluding carboxylic acids is 2. The number of anilines is 1. The van der Waals surface area contributed by atoms with Crippen LogP contribution in [-0.2, 0) is 16.1 Å². The Morgan fingerprint density at radius 1 is 1.07 bits per heavy atom. The minimum atomic E-state index is -0.427. The molecule has 2 saturated heterocycles. The van der Waals surface area contributed by atoms with Crippen molar-refractivity contribution in [1.82, 2.24) is 15.1 Å². The summed E-state index contributed by atoms with van der Waals surface area (Å²) in [6, 6.07) is 11.7.